The van der Waals surface area contributed by atoms with Crippen LogP contribution in [-0.2, 0) is 6.42 Å². The number of hydrogen-bond acceptors (Lipinski definition) is 1. The van der Waals surface area contributed by atoms with Crippen molar-refractivity contribution in [3.8, 4) is 0 Å². The molecule has 1 atom stereocenters. The Kier molecular flexibility index (Phi) is 6.65. The summed E-state index contributed by atoms with van der Waals surface area (Å²) in [5.41, 5.74) is 1.39. The van der Waals surface area contributed by atoms with Gasteiger partial charge in [0.25, 0.3) is 0 Å². The van der Waals surface area contributed by atoms with Gasteiger partial charge >= 0.3 is 0 Å². The summed E-state index contributed by atoms with van der Waals surface area (Å²) in [6.07, 6.45) is 2.12. The van der Waals surface area contributed by atoms with Crippen LogP contribution in [-0.4, -0.2) is 13.1 Å². The summed E-state index contributed by atoms with van der Waals surface area (Å²) in [7, 11) is 0. The quantitative estimate of drug-likeness (QED) is 0.712. The molecule has 0 bridgehead atoms. The molecule has 0 radical (unpaired) electrons. The SMILES string of the molecule is CCCNCC(Cc1cccc(Cl)c1Cl)C(C)(C)C. The van der Waals surface area contributed by atoms with Gasteiger partial charge in [-0.25, -0.2) is 0 Å². The molecule has 1 N–H and O–H groups in total. The summed E-state index contributed by atoms with van der Waals surface area (Å²) in [4.78, 5) is 0. The fraction of sp³-hybridized carbons (Fsp3) is 0.625. The molecule has 0 aromatic heterocycles. The molecule has 0 spiro atoms. The fourth-order valence-corrected chi connectivity index (χ4v) is 2.51. The van der Waals surface area contributed by atoms with E-state index in [2.05, 4.69) is 39.1 Å². The van der Waals surface area contributed by atoms with Gasteiger partial charge < -0.3 is 5.32 Å². The van der Waals surface area contributed by atoms with Crippen LogP contribution < -0.4 is 5.32 Å². The van der Waals surface area contributed by atoms with E-state index in [0.29, 0.717) is 16.0 Å². The first-order chi connectivity index (χ1) is 8.86. The van der Waals surface area contributed by atoms with Gasteiger partial charge in [0.1, 0.15) is 0 Å². The lowest BCUT2D eigenvalue weighted by molar-refractivity contribution is 0.231. The normalized spacial score (nSPS) is 13.6. The molecular formula is C16H25Cl2N. The molecule has 1 rings (SSSR count). The van der Waals surface area contributed by atoms with E-state index in [1.54, 1.807) is 0 Å². The Labute approximate surface area is 127 Å². The van der Waals surface area contributed by atoms with Crippen LogP contribution >= 0.6 is 23.2 Å². The molecule has 0 heterocycles. The summed E-state index contributed by atoms with van der Waals surface area (Å²) < 4.78 is 0. The average molecular weight is 302 g/mol. The molecule has 0 amide bonds. The lowest BCUT2D eigenvalue weighted by Gasteiger charge is -2.31. The molecule has 108 valence electrons. The maximum Gasteiger partial charge on any atom is 0.0624 e. The highest BCUT2D eigenvalue weighted by Gasteiger charge is 2.25. The van der Waals surface area contributed by atoms with Crippen molar-refractivity contribution >= 4 is 23.2 Å². The Bertz CT molecular complexity index is 396. The molecule has 0 aliphatic heterocycles. The second kappa shape index (κ2) is 7.52. The molecule has 1 nitrogen and oxygen atoms in total. The highest BCUT2D eigenvalue weighted by atomic mass is 35.5. The lowest BCUT2D eigenvalue weighted by Crippen LogP contribution is -2.33. The molecule has 1 aromatic rings. The minimum atomic E-state index is 0.242. The van der Waals surface area contributed by atoms with Gasteiger partial charge in [0, 0.05) is 0 Å². The van der Waals surface area contributed by atoms with Gasteiger partial charge in [-0.3, -0.25) is 0 Å². The van der Waals surface area contributed by atoms with Gasteiger partial charge in [0.2, 0.25) is 0 Å². The summed E-state index contributed by atoms with van der Waals surface area (Å²) >= 11 is 12.4. The topological polar surface area (TPSA) is 12.0 Å². The van der Waals surface area contributed by atoms with E-state index in [1.165, 1.54) is 0 Å². The number of rotatable bonds is 6. The van der Waals surface area contributed by atoms with Crippen LogP contribution in [0, 0.1) is 11.3 Å². The first-order valence-corrected chi connectivity index (χ1v) is 7.75. The summed E-state index contributed by atoms with van der Waals surface area (Å²) in [5, 5.41) is 4.87. The highest BCUT2D eigenvalue weighted by Crippen LogP contribution is 2.33. The molecular weight excluding hydrogens is 277 g/mol. The van der Waals surface area contributed by atoms with Crippen molar-refractivity contribution in [2.75, 3.05) is 13.1 Å². The van der Waals surface area contributed by atoms with E-state index >= 15 is 0 Å². The van der Waals surface area contributed by atoms with E-state index in [9.17, 15) is 0 Å². The van der Waals surface area contributed by atoms with Crippen molar-refractivity contribution in [3.05, 3.63) is 33.8 Å². The Morgan fingerprint density at radius 2 is 1.89 bits per heavy atom. The second-order valence-corrected chi connectivity index (χ2v) is 6.97. The Balaban J connectivity index is 2.79. The predicted octanol–water partition coefficient (Wildman–Crippen LogP) is 5.20. The van der Waals surface area contributed by atoms with Gasteiger partial charge in [-0.2, -0.15) is 0 Å². The van der Waals surface area contributed by atoms with Crippen molar-refractivity contribution in [2.24, 2.45) is 11.3 Å². The van der Waals surface area contributed by atoms with Crippen LogP contribution in [0.15, 0.2) is 18.2 Å². The van der Waals surface area contributed by atoms with Crippen molar-refractivity contribution in [3.63, 3.8) is 0 Å². The van der Waals surface area contributed by atoms with Crippen molar-refractivity contribution < 1.29 is 0 Å². The molecule has 0 aliphatic rings. The molecule has 1 aromatic carbocycles. The van der Waals surface area contributed by atoms with Crippen molar-refractivity contribution in [1.29, 1.82) is 0 Å². The number of benzene rings is 1. The van der Waals surface area contributed by atoms with Gasteiger partial charge in [-0.15, -0.1) is 0 Å². The average Bonchev–Trinajstić information content (AvgIpc) is 2.32. The zero-order valence-corrected chi connectivity index (χ0v) is 13.9. The third-order valence-electron chi connectivity index (χ3n) is 3.54. The van der Waals surface area contributed by atoms with Gasteiger partial charge in [0.15, 0.2) is 0 Å². The van der Waals surface area contributed by atoms with Gasteiger partial charge in [0.05, 0.1) is 10.0 Å². The van der Waals surface area contributed by atoms with Crippen LogP contribution in [0.2, 0.25) is 10.0 Å². The molecule has 1 unspecified atom stereocenters. The van der Waals surface area contributed by atoms with E-state index in [4.69, 9.17) is 23.2 Å². The third-order valence-corrected chi connectivity index (χ3v) is 4.40. The number of halogens is 2. The van der Waals surface area contributed by atoms with E-state index in [-0.39, 0.29) is 5.41 Å². The highest BCUT2D eigenvalue weighted by molar-refractivity contribution is 6.42. The molecule has 0 fully saturated rings. The maximum absolute atomic E-state index is 6.30. The maximum atomic E-state index is 6.30. The fourth-order valence-electron chi connectivity index (χ4n) is 2.11. The minimum absolute atomic E-state index is 0.242. The van der Waals surface area contributed by atoms with E-state index in [0.717, 1.165) is 31.5 Å². The zero-order chi connectivity index (χ0) is 14.5. The Hall–Kier alpha value is -0.240. The first-order valence-electron chi connectivity index (χ1n) is 6.99. The third kappa shape index (κ3) is 5.33. The Morgan fingerprint density at radius 3 is 2.47 bits per heavy atom. The molecule has 0 aliphatic carbocycles. The number of nitrogens with one attached hydrogen (secondary N) is 1. The summed E-state index contributed by atoms with van der Waals surface area (Å²) in [5.74, 6) is 0.537. The summed E-state index contributed by atoms with van der Waals surface area (Å²) in [6.45, 7) is 11.1. The molecule has 0 saturated carbocycles. The van der Waals surface area contributed by atoms with Crippen LogP contribution in [0.3, 0.4) is 0 Å². The smallest absolute Gasteiger partial charge is 0.0624 e. The van der Waals surface area contributed by atoms with Crippen LogP contribution in [0.5, 0.6) is 0 Å². The van der Waals surface area contributed by atoms with E-state index < -0.39 is 0 Å². The van der Waals surface area contributed by atoms with Crippen molar-refractivity contribution in [2.45, 2.75) is 40.5 Å². The van der Waals surface area contributed by atoms with Gasteiger partial charge in [-0.05, 0) is 48.9 Å². The van der Waals surface area contributed by atoms with Gasteiger partial charge in [-0.1, -0.05) is 63.0 Å². The standard InChI is InChI=1S/C16H25Cl2N/c1-5-9-19-11-13(16(2,3)4)10-12-7-6-8-14(17)15(12)18/h6-8,13,19H,5,9-11H2,1-4H3. The molecule has 19 heavy (non-hydrogen) atoms. The largest absolute Gasteiger partial charge is 0.316 e. The monoisotopic (exact) mass is 301 g/mol. The van der Waals surface area contributed by atoms with Crippen LogP contribution in [0.4, 0.5) is 0 Å². The van der Waals surface area contributed by atoms with Crippen molar-refractivity contribution in [1.82, 2.24) is 5.32 Å². The lowest BCUT2D eigenvalue weighted by atomic mass is 9.77. The molecule has 3 heteroatoms. The first kappa shape index (κ1) is 16.8. The van der Waals surface area contributed by atoms with E-state index in [1.807, 2.05) is 12.1 Å². The zero-order valence-electron chi connectivity index (χ0n) is 12.4. The molecule has 0 saturated heterocycles. The van der Waals surface area contributed by atoms with Crippen LogP contribution in [0.25, 0.3) is 0 Å². The predicted molar refractivity (Wildman–Crippen MR) is 86.3 cm³/mol. The second-order valence-electron chi connectivity index (χ2n) is 6.18. The number of hydrogen-bond donors (Lipinski definition) is 1. The summed E-state index contributed by atoms with van der Waals surface area (Å²) in [6, 6.07) is 5.89. The minimum Gasteiger partial charge on any atom is -0.316 e. The Morgan fingerprint density at radius 1 is 1.21 bits per heavy atom. The van der Waals surface area contributed by atoms with Crippen LogP contribution in [0.1, 0.15) is 39.7 Å².